The van der Waals surface area contributed by atoms with Crippen molar-refractivity contribution in [3.63, 3.8) is 0 Å². The number of hydrogen-bond acceptors (Lipinski definition) is 6. The van der Waals surface area contributed by atoms with Crippen LogP contribution >= 0.6 is 0 Å². The van der Waals surface area contributed by atoms with Crippen molar-refractivity contribution in [1.29, 1.82) is 0 Å². The third kappa shape index (κ3) is 53.8. The molecule has 1 atom stereocenters. The molecular formula is C62H108O6. The summed E-state index contributed by atoms with van der Waals surface area (Å²) < 4.78 is 16.8. The number of ether oxygens (including phenoxy) is 3. The molecule has 0 aromatic rings. The Morgan fingerprint density at radius 2 is 0.529 bits per heavy atom. The predicted molar refractivity (Wildman–Crippen MR) is 293 cm³/mol. The van der Waals surface area contributed by atoms with Crippen LogP contribution in [0, 0.1) is 0 Å². The van der Waals surface area contributed by atoms with Gasteiger partial charge in [-0.1, -0.05) is 241 Å². The Balaban J connectivity index is 4.45. The van der Waals surface area contributed by atoms with Crippen LogP contribution in [0.15, 0.2) is 72.9 Å². The summed E-state index contributed by atoms with van der Waals surface area (Å²) in [7, 11) is 0. The van der Waals surface area contributed by atoms with Gasteiger partial charge in [0.2, 0.25) is 0 Å². The van der Waals surface area contributed by atoms with Gasteiger partial charge in [-0.25, -0.2) is 0 Å². The first kappa shape index (κ1) is 64.8. The zero-order chi connectivity index (χ0) is 49.3. The van der Waals surface area contributed by atoms with Gasteiger partial charge in [0, 0.05) is 19.3 Å². The van der Waals surface area contributed by atoms with Crippen LogP contribution in [0.4, 0.5) is 0 Å². The molecule has 0 aliphatic rings. The van der Waals surface area contributed by atoms with Crippen LogP contribution in [0.3, 0.4) is 0 Å². The second kappa shape index (κ2) is 56.4. The van der Waals surface area contributed by atoms with Crippen molar-refractivity contribution in [1.82, 2.24) is 0 Å². The molecule has 0 saturated carbocycles. The Morgan fingerprint density at radius 3 is 0.853 bits per heavy atom. The number of unbranched alkanes of at least 4 members (excludes halogenated alkanes) is 29. The van der Waals surface area contributed by atoms with Crippen LogP contribution in [-0.4, -0.2) is 37.2 Å². The van der Waals surface area contributed by atoms with E-state index in [1.165, 1.54) is 135 Å². The zero-order valence-corrected chi connectivity index (χ0v) is 44.9. The molecular weight excluding hydrogens is 841 g/mol. The maximum absolute atomic E-state index is 12.9. The zero-order valence-electron chi connectivity index (χ0n) is 44.9. The van der Waals surface area contributed by atoms with Gasteiger partial charge in [0.1, 0.15) is 13.2 Å². The molecule has 392 valence electrons. The molecule has 0 N–H and O–H groups in total. The van der Waals surface area contributed by atoms with Gasteiger partial charge in [0.25, 0.3) is 0 Å². The van der Waals surface area contributed by atoms with Crippen LogP contribution in [0.1, 0.15) is 284 Å². The predicted octanol–water partition coefficient (Wildman–Crippen LogP) is 19.4. The summed E-state index contributed by atoms with van der Waals surface area (Å²) in [6.45, 7) is 6.57. The van der Waals surface area contributed by atoms with Crippen molar-refractivity contribution in [2.45, 2.75) is 290 Å². The Morgan fingerprint density at radius 1 is 0.294 bits per heavy atom. The molecule has 0 unspecified atom stereocenters. The molecule has 0 spiro atoms. The lowest BCUT2D eigenvalue weighted by atomic mass is 10.0. The summed E-state index contributed by atoms with van der Waals surface area (Å²) in [5.74, 6) is -0.924. The van der Waals surface area contributed by atoms with E-state index in [0.717, 1.165) is 109 Å². The standard InChI is InChI=1S/C62H108O6/c1-4-7-10-13-16-19-22-25-28-31-34-37-40-43-46-49-52-55-61(64)67-58-59(57-66-60(63)54-51-48-45-42-39-36-33-30-27-24-21-18-15-12-9-6-3)68-62(65)56-53-50-47-44-41-38-35-32-29-26-23-20-17-14-11-8-5-2/h16-17,19-20,25-26,28-29,34-35,37-38,59H,4-15,18,21-24,27,30-33,36,39-58H2,1-3H3/b19-16+,20-17+,28-25+,29-26+,37-34+,38-35+/t59-/m1/s1. The highest BCUT2D eigenvalue weighted by Crippen LogP contribution is 2.15. The van der Waals surface area contributed by atoms with Gasteiger partial charge in [-0.05, 0) is 96.3 Å². The number of rotatable bonds is 52. The summed E-state index contributed by atoms with van der Waals surface area (Å²) >= 11 is 0. The van der Waals surface area contributed by atoms with Crippen molar-refractivity contribution in [2.75, 3.05) is 13.2 Å². The number of carbonyl (C=O) groups excluding carboxylic acids is 3. The molecule has 0 heterocycles. The Labute approximate surface area is 421 Å². The van der Waals surface area contributed by atoms with Gasteiger partial charge >= 0.3 is 17.9 Å². The van der Waals surface area contributed by atoms with Crippen molar-refractivity contribution in [3.8, 4) is 0 Å². The van der Waals surface area contributed by atoms with E-state index in [0.29, 0.717) is 19.3 Å². The summed E-state index contributed by atoms with van der Waals surface area (Å²) in [5, 5.41) is 0. The fourth-order valence-electron chi connectivity index (χ4n) is 8.04. The van der Waals surface area contributed by atoms with Crippen LogP contribution in [-0.2, 0) is 28.6 Å². The number of allylic oxidation sites excluding steroid dienone is 12. The van der Waals surface area contributed by atoms with E-state index in [4.69, 9.17) is 14.2 Å². The molecule has 0 aromatic carbocycles. The van der Waals surface area contributed by atoms with Crippen molar-refractivity contribution < 1.29 is 28.6 Å². The molecule has 0 aromatic heterocycles. The van der Waals surface area contributed by atoms with Crippen molar-refractivity contribution in [3.05, 3.63) is 72.9 Å². The first-order valence-corrected chi connectivity index (χ1v) is 28.9. The second-order valence-corrected chi connectivity index (χ2v) is 19.2. The van der Waals surface area contributed by atoms with Gasteiger partial charge in [0.05, 0.1) is 0 Å². The lowest BCUT2D eigenvalue weighted by molar-refractivity contribution is -0.167. The van der Waals surface area contributed by atoms with Gasteiger partial charge < -0.3 is 14.2 Å². The number of hydrogen-bond donors (Lipinski definition) is 0. The van der Waals surface area contributed by atoms with E-state index >= 15 is 0 Å². The minimum absolute atomic E-state index is 0.0898. The molecule has 0 amide bonds. The van der Waals surface area contributed by atoms with E-state index in [1.807, 2.05) is 0 Å². The average Bonchev–Trinajstić information content (AvgIpc) is 3.34. The molecule has 68 heavy (non-hydrogen) atoms. The van der Waals surface area contributed by atoms with E-state index < -0.39 is 6.10 Å². The van der Waals surface area contributed by atoms with E-state index in [-0.39, 0.29) is 31.1 Å². The van der Waals surface area contributed by atoms with Gasteiger partial charge in [-0.15, -0.1) is 0 Å². The molecule has 0 rings (SSSR count). The Kier molecular flexibility index (Phi) is 53.8. The van der Waals surface area contributed by atoms with Gasteiger partial charge in [-0.2, -0.15) is 0 Å². The summed E-state index contributed by atoms with van der Waals surface area (Å²) in [5.41, 5.74) is 0. The molecule has 0 saturated heterocycles. The maximum atomic E-state index is 12.9. The van der Waals surface area contributed by atoms with Gasteiger partial charge in [-0.3, -0.25) is 14.4 Å². The van der Waals surface area contributed by atoms with Crippen molar-refractivity contribution in [2.24, 2.45) is 0 Å². The molecule has 6 nitrogen and oxygen atoms in total. The third-order valence-electron chi connectivity index (χ3n) is 12.4. The number of esters is 3. The highest BCUT2D eigenvalue weighted by Gasteiger charge is 2.19. The normalized spacial score (nSPS) is 12.6. The quantitative estimate of drug-likeness (QED) is 0.0262. The van der Waals surface area contributed by atoms with E-state index in [2.05, 4.69) is 93.7 Å². The van der Waals surface area contributed by atoms with Crippen LogP contribution in [0.5, 0.6) is 0 Å². The van der Waals surface area contributed by atoms with Crippen LogP contribution in [0.2, 0.25) is 0 Å². The Hall–Kier alpha value is -3.15. The monoisotopic (exact) mass is 949 g/mol. The van der Waals surface area contributed by atoms with Gasteiger partial charge in [0.15, 0.2) is 6.10 Å². The van der Waals surface area contributed by atoms with Crippen LogP contribution < -0.4 is 0 Å². The first-order chi connectivity index (χ1) is 33.5. The summed E-state index contributed by atoms with van der Waals surface area (Å²) in [4.78, 5) is 38.2. The minimum Gasteiger partial charge on any atom is -0.462 e. The first-order valence-electron chi connectivity index (χ1n) is 28.9. The SMILES string of the molecule is CCCCC/C=C/C/C=C/C/C=C/CCCCCCC(=O)OC[C@@H](COC(=O)CCCCCCCCCCCCCCCCCC)OC(=O)CCCCCC/C=C/C/C=C/C/C=C/CCCCC. The molecule has 0 aliphatic carbocycles. The van der Waals surface area contributed by atoms with E-state index in [1.54, 1.807) is 0 Å². The second-order valence-electron chi connectivity index (χ2n) is 19.2. The fraction of sp³-hybridized carbons (Fsp3) is 0.758. The largest absolute Gasteiger partial charge is 0.462 e. The molecule has 0 aliphatic heterocycles. The van der Waals surface area contributed by atoms with Crippen LogP contribution in [0.25, 0.3) is 0 Å². The summed E-state index contributed by atoms with van der Waals surface area (Å²) in [6, 6.07) is 0. The summed E-state index contributed by atoms with van der Waals surface area (Å²) in [6.07, 6.45) is 71.7. The smallest absolute Gasteiger partial charge is 0.306 e. The number of carbonyl (C=O) groups is 3. The third-order valence-corrected chi connectivity index (χ3v) is 12.4. The fourth-order valence-corrected chi connectivity index (χ4v) is 8.04. The Bertz CT molecular complexity index is 1270. The highest BCUT2D eigenvalue weighted by molar-refractivity contribution is 5.71. The molecule has 0 radical (unpaired) electrons. The van der Waals surface area contributed by atoms with E-state index in [9.17, 15) is 14.4 Å². The molecule has 6 heteroatoms. The molecule has 0 fully saturated rings. The average molecular weight is 950 g/mol. The minimum atomic E-state index is -0.796. The molecule has 0 bridgehead atoms. The van der Waals surface area contributed by atoms with Crippen molar-refractivity contribution >= 4 is 17.9 Å². The maximum Gasteiger partial charge on any atom is 0.306 e. The lowest BCUT2D eigenvalue weighted by Gasteiger charge is -2.18. The highest BCUT2D eigenvalue weighted by atomic mass is 16.6. The topological polar surface area (TPSA) is 78.9 Å². The lowest BCUT2D eigenvalue weighted by Crippen LogP contribution is -2.30.